The van der Waals surface area contributed by atoms with Crippen molar-refractivity contribution < 1.29 is 13.5 Å². The molecule has 96 valence electrons. The smallest absolute Gasteiger partial charge is 0.240 e. The summed E-state index contributed by atoms with van der Waals surface area (Å²) in [6, 6.07) is 3.89. The van der Waals surface area contributed by atoms with Gasteiger partial charge in [0.05, 0.1) is 11.5 Å². The molecule has 0 aliphatic heterocycles. The first-order chi connectivity index (χ1) is 7.90. The van der Waals surface area contributed by atoms with E-state index in [1.165, 1.54) is 18.2 Å². The molecule has 0 heterocycles. The summed E-state index contributed by atoms with van der Waals surface area (Å²) in [4.78, 5) is 0.116. The molecule has 0 unspecified atom stereocenters. The first-order valence-corrected chi connectivity index (χ1v) is 7.36. The van der Waals surface area contributed by atoms with Gasteiger partial charge in [-0.3, -0.25) is 0 Å². The van der Waals surface area contributed by atoms with Gasteiger partial charge < -0.3 is 10.8 Å². The molecule has 0 aliphatic rings. The monoisotopic (exact) mass is 322 g/mol. The second kappa shape index (κ2) is 5.81. The van der Waals surface area contributed by atoms with E-state index in [2.05, 4.69) is 20.7 Å². The summed E-state index contributed by atoms with van der Waals surface area (Å²) in [5.41, 5.74) is 6.05. The zero-order chi connectivity index (χ0) is 13.1. The number of aliphatic hydroxyl groups is 1. The van der Waals surface area contributed by atoms with Crippen molar-refractivity contribution in [3.63, 3.8) is 0 Å². The summed E-state index contributed by atoms with van der Waals surface area (Å²) < 4.78 is 26.8. The lowest BCUT2D eigenvalue weighted by molar-refractivity contribution is 0.254. The van der Waals surface area contributed by atoms with E-state index in [1.807, 2.05) is 0 Å². The lowest BCUT2D eigenvalue weighted by Gasteiger charge is -2.14. The molecule has 1 aromatic rings. The van der Waals surface area contributed by atoms with Crippen molar-refractivity contribution in [2.75, 3.05) is 12.3 Å². The minimum atomic E-state index is -3.62. The van der Waals surface area contributed by atoms with Gasteiger partial charge in [-0.15, -0.1) is 0 Å². The number of halogens is 1. The van der Waals surface area contributed by atoms with Gasteiger partial charge in [-0.2, -0.15) is 0 Å². The number of anilines is 1. The van der Waals surface area contributed by atoms with Crippen molar-refractivity contribution in [1.82, 2.24) is 4.72 Å². The highest BCUT2D eigenvalue weighted by Gasteiger charge is 2.19. The predicted molar refractivity (Wildman–Crippen MR) is 70.0 cm³/mol. The molecular weight excluding hydrogens is 308 g/mol. The van der Waals surface area contributed by atoms with Crippen molar-refractivity contribution in [2.24, 2.45) is 0 Å². The summed E-state index contributed by atoms with van der Waals surface area (Å²) in [6.07, 6.45) is 0.520. The van der Waals surface area contributed by atoms with Crippen molar-refractivity contribution in [1.29, 1.82) is 0 Å². The van der Waals surface area contributed by atoms with E-state index in [0.717, 1.165) is 0 Å². The molecule has 17 heavy (non-hydrogen) atoms. The SMILES string of the molecule is CC[C@H](CO)NS(=O)(=O)c1ccc(N)c(Br)c1. The summed E-state index contributed by atoms with van der Waals surface area (Å²) in [6.45, 7) is 1.56. The average Bonchev–Trinajstić information content (AvgIpc) is 2.29. The summed E-state index contributed by atoms with van der Waals surface area (Å²) >= 11 is 3.17. The van der Waals surface area contributed by atoms with E-state index in [4.69, 9.17) is 10.8 Å². The quantitative estimate of drug-likeness (QED) is 0.707. The molecule has 0 aromatic heterocycles. The van der Waals surface area contributed by atoms with Crippen LogP contribution in [0.4, 0.5) is 5.69 Å². The zero-order valence-corrected chi connectivity index (χ0v) is 11.8. The second-order valence-corrected chi connectivity index (χ2v) is 6.16. The molecule has 7 heteroatoms. The fourth-order valence-corrected chi connectivity index (χ4v) is 3.08. The molecule has 0 saturated carbocycles. The van der Waals surface area contributed by atoms with Crippen LogP contribution in [0.2, 0.25) is 0 Å². The third-order valence-electron chi connectivity index (χ3n) is 2.32. The van der Waals surface area contributed by atoms with Crippen molar-refractivity contribution in [3.05, 3.63) is 22.7 Å². The molecular formula is C10H15BrN2O3S. The Balaban J connectivity index is 3.01. The fraction of sp³-hybridized carbons (Fsp3) is 0.400. The average molecular weight is 323 g/mol. The van der Waals surface area contributed by atoms with Gasteiger partial charge in [0.25, 0.3) is 0 Å². The second-order valence-electron chi connectivity index (χ2n) is 3.59. The van der Waals surface area contributed by atoms with Gasteiger partial charge in [-0.25, -0.2) is 13.1 Å². The van der Waals surface area contributed by atoms with Crippen molar-refractivity contribution in [3.8, 4) is 0 Å². The molecule has 0 fully saturated rings. The predicted octanol–water partition coefficient (Wildman–Crippen LogP) is 1.08. The van der Waals surface area contributed by atoms with Gasteiger partial charge in [0.15, 0.2) is 0 Å². The lowest BCUT2D eigenvalue weighted by atomic mass is 10.3. The molecule has 0 amide bonds. The Morgan fingerprint density at radius 1 is 1.53 bits per heavy atom. The van der Waals surface area contributed by atoms with Crippen LogP contribution in [0.1, 0.15) is 13.3 Å². The van der Waals surface area contributed by atoms with Crippen molar-refractivity contribution in [2.45, 2.75) is 24.3 Å². The van der Waals surface area contributed by atoms with E-state index in [-0.39, 0.29) is 11.5 Å². The number of rotatable bonds is 5. The van der Waals surface area contributed by atoms with Gasteiger partial charge in [-0.05, 0) is 40.5 Å². The fourth-order valence-electron chi connectivity index (χ4n) is 1.21. The number of hydrogen-bond donors (Lipinski definition) is 3. The molecule has 5 nitrogen and oxygen atoms in total. The Morgan fingerprint density at radius 3 is 2.65 bits per heavy atom. The van der Waals surface area contributed by atoms with Gasteiger partial charge in [0.1, 0.15) is 0 Å². The number of nitrogen functional groups attached to an aromatic ring is 1. The van der Waals surface area contributed by atoms with E-state index in [9.17, 15) is 8.42 Å². The van der Waals surface area contributed by atoms with Crippen LogP contribution in [0.25, 0.3) is 0 Å². The van der Waals surface area contributed by atoms with Gasteiger partial charge in [0, 0.05) is 16.2 Å². The van der Waals surface area contributed by atoms with E-state index in [0.29, 0.717) is 16.6 Å². The maximum atomic E-state index is 11.9. The third kappa shape index (κ3) is 3.67. The molecule has 1 atom stereocenters. The third-order valence-corrected chi connectivity index (χ3v) is 4.52. The van der Waals surface area contributed by atoms with Crippen LogP contribution in [0.15, 0.2) is 27.6 Å². The molecule has 0 spiro atoms. The Labute approximate surface area is 109 Å². The molecule has 0 bridgehead atoms. The van der Waals surface area contributed by atoms with E-state index < -0.39 is 16.1 Å². The largest absolute Gasteiger partial charge is 0.398 e. The number of aliphatic hydroxyl groups excluding tert-OH is 1. The van der Waals surface area contributed by atoms with E-state index in [1.54, 1.807) is 6.92 Å². The zero-order valence-electron chi connectivity index (χ0n) is 9.35. The standard InChI is InChI=1S/C10H15BrN2O3S/c1-2-7(6-14)13-17(15,16)8-3-4-10(12)9(11)5-8/h3-5,7,13-14H,2,6,12H2,1H3/t7-/m1/s1. The van der Waals surface area contributed by atoms with Crippen LogP contribution in [0.3, 0.4) is 0 Å². The Bertz CT molecular complexity index is 486. The molecule has 0 radical (unpaired) electrons. The lowest BCUT2D eigenvalue weighted by Crippen LogP contribution is -2.36. The molecule has 1 rings (SSSR count). The normalized spacial score (nSPS) is 13.6. The minimum Gasteiger partial charge on any atom is -0.398 e. The molecule has 0 saturated heterocycles. The topological polar surface area (TPSA) is 92.4 Å². The highest BCUT2D eigenvalue weighted by molar-refractivity contribution is 9.10. The van der Waals surface area contributed by atoms with Crippen LogP contribution >= 0.6 is 15.9 Å². The van der Waals surface area contributed by atoms with Gasteiger partial charge >= 0.3 is 0 Å². The van der Waals surface area contributed by atoms with Gasteiger partial charge in [0.2, 0.25) is 10.0 Å². The van der Waals surface area contributed by atoms with E-state index >= 15 is 0 Å². The highest BCUT2D eigenvalue weighted by atomic mass is 79.9. The maximum absolute atomic E-state index is 11.9. The first-order valence-electron chi connectivity index (χ1n) is 5.09. The Morgan fingerprint density at radius 2 is 2.18 bits per heavy atom. The molecule has 1 aromatic carbocycles. The maximum Gasteiger partial charge on any atom is 0.240 e. The molecule has 4 N–H and O–H groups in total. The number of hydrogen-bond acceptors (Lipinski definition) is 4. The Hall–Kier alpha value is -0.630. The molecule has 0 aliphatic carbocycles. The minimum absolute atomic E-state index is 0.116. The summed E-state index contributed by atoms with van der Waals surface area (Å²) in [5, 5.41) is 8.98. The van der Waals surface area contributed by atoms with Crippen LogP contribution in [-0.2, 0) is 10.0 Å². The first kappa shape index (κ1) is 14.4. The number of nitrogens with one attached hydrogen (secondary N) is 1. The number of nitrogens with two attached hydrogens (primary N) is 1. The van der Waals surface area contributed by atoms with Gasteiger partial charge in [-0.1, -0.05) is 6.92 Å². The Kier molecular flexibility index (Phi) is 4.93. The summed E-state index contributed by atoms with van der Waals surface area (Å²) in [7, 11) is -3.62. The van der Waals surface area contributed by atoms with Crippen LogP contribution in [-0.4, -0.2) is 26.2 Å². The number of sulfonamides is 1. The summed E-state index contributed by atoms with van der Waals surface area (Å²) in [5.74, 6) is 0. The van der Waals surface area contributed by atoms with Crippen LogP contribution in [0, 0.1) is 0 Å². The van der Waals surface area contributed by atoms with Crippen molar-refractivity contribution >= 4 is 31.6 Å². The highest BCUT2D eigenvalue weighted by Crippen LogP contribution is 2.23. The number of benzene rings is 1. The van der Waals surface area contributed by atoms with Crippen LogP contribution < -0.4 is 10.5 Å². The van der Waals surface area contributed by atoms with Crippen LogP contribution in [0.5, 0.6) is 0 Å².